The SMILES string of the molecule is N[C@@H]1[C@H]2CN(c3ccc4c(c3)-c3[nH]c(=O)c(C(=O)O)c(O)c3CCC4)C[C@@H]12. The number of carboxylic acid groups (broad SMARTS) is 1. The number of pyridine rings is 1. The number of piperidine rings is 1. The van der Waals surface area contributed by atoms with Crippen molar-refractivity contribution in [3.8, 4) is 17.0 Å². The Morgan fingerprint density at radius 2 is 1.96 bits per heavy atom. The highest BCUT2D eigenvalue weighted by Gasteiger charge is 2.53. The molecule has 1 saturated carbocycles. The molecule has 0 spiro atoms. The van der Waals surface area contributed by atoms with E-state index in [2.05, 4.69) is 22.0 Å². The van der Waals surface area contributed by atoms with Crippen LogP contribution in [-0.4, -0.2) is 40.3 Å². The Morgan fingerprint density at radius 1 is 1.22 bits per heavy atom. The van der Waals surface area contributed by atoms with Crippen molar-refractivity contribution in [2.24, 2.45) is 17.6 Å². The van der Waals surface area contributed by atoms with Crippen molar-refractivity contribution >= 4 is 11.7 Å². The number of benzene rings is 1. The van der Waals surface area contributed by atoms with Gasteiger partial charge in [0.05, 0.1) is 5.69 Å². The lowest BCUT2D eigenvalue weighted by molar-refractivity contribution is 0.0691. The lowest BCUT2D eigenvalue weighted by Gasteiger charge is -2.23. The van der Waals surface area contributed by atoms with Gasteiger partial charge >= 0.3 is 5.97 Å². The Morgan fingerprint density at radius 3 is 2.67 bits per heavy atom. The largest absolute Gasteiger partial charge is 0.506 e. The lowest BCUT2D eigenvalue weighted by atomic mass is 9.98. The third-order valence-corrected chi connectivity index (χ3v) is 6.36. The Balaban J connectivity index is 1.62. The number of aryl methyl sites for hydroxylation is 1. The van der Waals surface area contributed by atoms with Crippen LogP contribution in [0.3, 0.4) is 0 Å². The molecule has 2 aromatic rings. The molecular formula is C20H21N3O4. The highest BCUT2D eigenvalue weighted by Crippen LogP contribution is 2.46. The van der Waals surface area contributed by atoms with Crippen LogP contribution in [0.5, 0.6) is 5.75 Å². The number of nitrogens with one attached hydrogen (secondary N) is 1. The molecule has 0 radical (unpaired) electrons. The van der Waals surface area contributed by atoms with Crippen molar-refractivity contribution in [1.82, 2.24) is 4.98 Å². The fourth-order valence-electron chi connectivity index (χ4n) is 4.75. The number of nitrogens with two attached hydrogens (primary N) is 1. The van der Waals surface area contributed by atoms with Crippen LogP contribution >= 0.6 is 0 Å². The second-order valence-corrected chi connectivity index (χ2v) is 7.84. The van der Waals surface area contributed by atoms with Gasteiger partial charge in [0.2, 0.25) is 0 Å². The first-order chi connectivity index (χ1) is 13.0. The molecule has 2 fully saturated rings. The maximum Gasteiger partial charge on any atom is 0.345 e. The van der Waals surface area contributed by atoms with Gasteiger partial charge in [-0.3, -0.25) is 4.79 Å². The number of aromatic amines is 1. The zero-order chi connectivity index (χ0) is 18.9. The number of hydrogen-bond donors (Lipinski definition) is 4. The quantitative estimate of drug-likeness (QED) is 0.636. The number of aromatic nitrogens is 1. The summed E-state index contributed by atoms with van der Waals surface area (Å²) in [4.78, 5) is 28.7. The number of anilines is 1. The average molecular weight is 367 g/mol. The number of fused-ring (bicyclic) bond motifs is 4. The third-order valence-electron chi connectivity index (χ3n) is 6.36. The zero-order valence-electron chi connectivity index (χ0n) is 14.7. The van der Waals surface area contributed by atoms with Crippen molar-refractivity contribution < 1.29 is 15.0 Å². The summed E-state index contributed by atoms with van der Waals surface area (Å²) >= 11 is 0. The molecule has 2 heterocycles. The summed E-state index contributed by atoms with van der Waals surface area (Å²) in [5, 5.41) is 19.7. The van der Waals surface area contributed by atoms with Crippen LogP contribution in [0.25, 0.3) is 11.3 Å². The van der Waals surface area contributed by atoms with Crippen molar-refractivity contribution in [2.75, 3.05) is 18.0 Å². The lowest BCUT2D eigenvalue weighted by Crippen LogP contribution is -2.28. The fraction of sp³-hybridized carbons (Fsp3) is 0.400. The molecule has 27 heavy (non-hydrogen) atoms. The molecule has 1 aliphatic heterocycles. The highest BCUT2D eigenvalue weighted by molar-refractivity contribution is 5.92. The first kappa shape index (κ1) is 16.4. The Bertz CT molecular complexity index is 1020. The molecule has 5 N–H and O–H groups in total. The van der Waals surface area contributed by atoms with Gasteiger partial charge in [-0.25, -0.2) is 4.79 Å². The summed E-state index contributed by atoms with van der Waals surface area (Å²) in [6, 6.07) is 6.55. The topological polar surface area (TPSA) is 120 Å². The molecule has 0 amide bonds. The van der Waals surface area contributed by atoms with Crippen LogP contribution in [0.4, 0.5) is 5.69 Å². The van der Waals surface area contributed by atoms with Crippen LogP contribution < -0.4 is 16.2 Å². The first-order valence-electron chi connectivity index (χ1n) is 9.31. The molecule has 3 aliphatic rings. The van der Waals surface area contributed by atoms with E-state index in [1.54, 1.807) is 0 Å². The van der Waals surface area contributed by atoms with Crippen molar-refractivity contribution in [3.63, 3.8) is 0 Å². The molecule has 7 heteroatoms. The minimum Gasteiger partial charge on any atom is -0.506 e. The van der Waals surface area contributed by atoms with Crippen LogP contribution in [0.1, 0.15) is 27.9 Å². The van der Waals surface area contributed by atoms with E-state index in [-0.39, 0.29) is 0 Å². The minimum atomic E-state index is -1.41. The van der Waals surface area contributed by atoms with E-state index in [9.17, 15) is 19.8 Å². The van der Waals surface area contributed by atoms with Gasteiger partial charge < -0.3 is 25.8 Å². The van der Waals surface area contributed by atoms with E-state index in [4.69, 9.17) is 5.73 Å². The second-order valence-electron chi connectivity index (χ2n) is 7.84. The zero-order valence-corrected chi connectivity index (χ0v) is 14.7. The van der Waals surface area contributed by atoms with Gasteiger partial charge in [-0.15, -0.1) is 0 Å². The van der Waals surface area contributed by atoms with E-state index in [1.165, 1.54) is 0 Å². The third kappa shape index (κ3) is 2.38. The summed E-state index contributed by atoms with van der Waals surface area (Å²) in [6.07, 6.45) is 2.11. The molecule has 1 aromatic carbocycles. The standard InChI is InChI=1S/C20H21N3O4/c21-16-13-7-23(8-14(13)16)10-5-4-9-2-1-3-11-17(12(9)6-10)22-19(25)15(18(11)24)20(26)27/h4-6,13-14,16H,1-3,7-8,21H2,(H,26,27)(H2,22,24,25)/t13-,14+,16+. The maximum atomic E-state index is 12.3. The van der Waals surface area contributed by atoms with Gasteiger partial charge in [0.1, 0.15) is 5.75 Å². The van der Waals surface area contributed by atoms with Gasteiger partial charge in [-0.05, 0) is 48.8 Å². The van der Waals surface area contributed by atoms with Crippen LogP contribution in [-0.2, 0) is 12.8 Å². The molecule has 2 aliphatic carbocycles. The molecule has 140 valence electrons. The number of rotatable bonds is 2. The number of carbonyl (C=O) groups is 1. The fourth-order valence-corrected chi connectivity index (χ4v) is 4.75. The number of nitrogens with zero attached hydrogens (tertiary/aromatic N) is 1. The number of hydrogen-bond acceptors (Lipinski definition) is 5. The minimum absolute atomic E-state index is 0.325. The predicted molar refractivity (Wildman–Crippen MR) is 100 cm³/mol. The molecule has 0 unspecified atom stereocenters. The molecule has 0 bridgehead atoms. The summed E-state index contributed by atoms with van der Waals surface area (Å²) in [6.45, 7) is 1.88. The molecule has 1 aromatic heterocycles. The van der Waals surface area contributed by atoms with Crippen LogP contribution in [0.15, 0.2) is 23.0 Å². The van der Waals surface area contributed by atoms with Gasteiger partial charge in [0.15, 0.2) is 5.56 Å². The molecular weight excluding hydrogens is 346 g/mol. The predicted octanol–water partition coefficient (Wildman–Crippen LogP) is 1.33. The van der Waals surface area contributed by atoms with Crippen LogP contribution in [0, 0.1) is 11.8 Å². The van der Waals surface area contributed by atoms with E-state index >= 15 is 0 Å². The van der Waals surface area contributed by atoms with Gasteiger partial charge in [0.25, 0.3) is 5.56 Å². The van der Waals surface area contributed by atoms with E-state index in [0.29, 0.717) is 35.6 Å². The van der Waals surface area contributed by atoms with Crippen molar-refractivity contribution in [1.29, 1.82) is 0 Å². The smallest absolute Gasteiger partial charge is 0.345 e. The molecule has 7 nitrogen and oxygen atoms in total. The van der Waals surface area contributed by atoms with Gasteiger partial charge in [-0.2, -0.15) is 0 Å². The van der Waals surface area contributed by atoms with Gasteiger partial charge in [0, 0.05) is 35.9 Å². The van der Waals surface area contributed by atoms with Crippen molar-refractivity contribution in [2.45, 2.75) is 25.3 Å². The monoisotopic (exact) mass is 367 g/mol. The number of aromatic hydroxyl groups is 1. The second kappa shape index (κ2) is 5.60. The molecule has 5 rings (SSSR count). The molecule has 1 saturated heterocycles. The normalized spacial score (nSPS) is 25.4. The van der Waals surface area contributed by atoms with Gasteiger partial charge in [-0.1, -0.05) is 6.07 Å². The molecule has 3 atom stereocenters. The summed E-state index contributed by atoms with van der Waals surface area (Å²) in [5.74, 6) is -0.688. The van der Waals surface area contributed by atoms with E-state index < -0.39 is 22.8 Å². The summed E-state index contributed by atoms with van der Waals surface area (Å²) in [5.41, 5.74) is 8.77. The summed E-state index contributed by atoms with van der Waals surface area (Å²) < 4.78 is 0. The highest BCUT2D eigenvalue weighted by atomic mass is 16.4. The summed E-state index contributed by atoms with van der Waals surface area (Å²) in [7, 11) is 0. The van der Waals surface area contributed by atoms with E-state index in [0.717, 1.165) is 42.7 Å². The Kier molecular flexibility index (Phi) is 3.40. The number of H-pyrrole nitrogens is 1. The Hall–Kier alpha value is -2.80. The van der Waals surface area contributed by atoms with Crippen molar-refractivity contribution in [3.05, 3.63) is 45.2 Å². The number of aromatic carboxylic acids is 1. The Labute approximate surface area is 155 Å². The number of carboxylic acids is 1. The van der Waals surface area contributed by atoms with E-state index in [1.807, 2.05) is 6.07 Å². The first-order valence-corrected chi connectivity index (χ1v) is 9.31. The average Bonchev–Trinajstić information content (AvgIpc) is 3.07. The van der Waals surface area contributed by atoms with Crippen LogP contribution in [0.2, 0.25) is 0 Å². The maximum absolute atomic E-state index is 12.3.